The van der Waals surface area contributed by atoms with Crippen LogP contribution < -0.4 is 16.0 Å². The standard InChI is InChI=1S/C13H25N.C12H24N2.C12H25N.C11H21NO.C11H23N.C10H20N2O.C10H22N2.6CH4/c1-10(2)7-12-8-14(11(3)4)9-13(12)5-6-13;1-9(2)13-11-7-14(10(3)4)8-12(11)5-6-12;1-10(2)8-12(5)6-7-13(9-12)11(3)4;1-8(2)5-10-6-12(9(3)4)7-11(10)13;1-9(2)7-11-5-6-12(8-11)10(3)4;1-7(2)11-9-5-12(8(3)4)6-10(9)13;1-8(2)11-10-5-6-12(7-10)9(3)4;;;;;;/h10-12H,5-9H2,1-4H3;9-11,13H,5-8H2,1-4H3;10-11H,6-9H2,1-5H3;8-10H,5-7H2,1-4H3;9-11H,5-8H2,1-4H3;7-9,11H,5-6H2,1-4H3;8-11H,5-7H2,1-4H3;6*1H4/t12-;11-;12-;10-;11-;9-;10-;;;;;;/m0000001....../s1. The molecule has 0 bridgehead atoms. The fourth-order valence-corrected chi connectivity index (χ4v) is 16.1. The molecule has 7 heterocycles. The molecule has 12 heteroatoms. The largest absolute Gasteiger partial charge is 0.310 e. The van der Waals surface area contributed by atoms with E-state index >= 15 is 0 Å². The number of rotatable bonds is 21. The van der Waals surface area contributed by atoms with Gasteiger partial charge in [-0.05, 0) is 239 Å². The number of hydrogen-bond donors (Lipinski definition) is 3. The molecule has 0 unspecified atom stereocenters. The molecule has 97 heavy (non-hydrogen) atoms. The van der Waals surface area contributed by atoms with E-state index in [1.165, 1.54) is 130 Å². The summed E-state index contributed by atoms with van der Waals surface area (Å²) >= 11 is 0. The van der Waals surface area contributed by atoms with Crippen molar-refractivity contribution in [1.82, 2.24) is 50.2 Å². The van der Waals surface area contributed by atoms with Gasteiger partial charge in [0.2, 0.25) is 0 Å². The van der Waals surface area contributed by atoms with Gasteiger partial charge in [0.15, 0.2) is 11.6 Å². The van der Waals surface area contributed by atoms with Gasteiger partial charge >= 0.3 is 0 Å². The van der Waals surface area contributed by atoms with Crippen LogP contribution in [0.4, 0.5) is 0 Å². The Balaban J connectivity index is -0.000000515. The average Bonchev–Trinajstić information content (AvgIpc) is 1.60. The van der Waals surface area contributed by atoms with Gasteiger partial charge in [-0.3, -0.25) is 29.2 Å². The second-order valence-corrected chi connectivity index (χ2v) is 36.1. The number of nitrogens with one attached hydrogen (secondary N) is 3. The molecule has 0 aromatic heterocycles. The molecule has 586 valence electrons. The maximum atomic E-state index is 11.6. The van der Waals surface area contributed by atoms with Gasteiger partial charge in [0, 0.05) is 137 Å². The molecule has 0 radical (unpaired) electrons. The summed E-state index contributed by atoms with van der Waals surface area (Å²) in [5.41, 5.74) is 2.03. The summed E-state index contributed by atoms with van der Waals surface area (Å²) in [7, 11) is 0. The van der Waals surface area contributed by atoms with E-state index in [9.17, 15) is 9.59 Å². The van der Waals surface area contributed by atoms with Gasteiger partial charge in [-0.15, -0.1) is 0 Å². The van der Waals surface area contributed by atoms with E-state index in [4.69, 9.17) is 0 Å². The van der Waals surface area contributed by atoms with Gasteiger partial charge in [0.05, 0.1) is 19.1 Å². The number of nitrogens with zero attached hydrogens (tertiary/aromatic N) is 7. The minimum Gasteiger partial charge on any atom is -0.310 e. The maximum absolute atomic E-state index is 11.6. The molecule has 7 saturated heterocycles. The Kier molecular flexibility index (Phi) is 50.8. The van der Waals surface area contributed by atoms with E-state index in [1.807, 2.05) is 0 Å². The monoisotopic (exact) mass is 1380 g/mol. The fourth-order valence-electron chi connectivity index (χ4n) is 16.1. The molecule has 9 rings (SSSR count). The molecule has 7 aliphatic heterocycles. The third kappa shape index (κ3) is 37.0. The van der Waals surface area contributed by atoms with Crippen molar-refractivity contribution in [3.63, 3.8) is 0 Å². The molecule has 3 N–H and O–H groups in total. The molecule has 0 amide bonds. The number of likely N-dealkylation sites (tertiary alicyclic amines) is 7. The first-order valence-electron chi connectivity index (χ1n) is 38.7. The molecular formula is C85H184N10O2. The lowest BCUT2D eigenvalue weighted by Crippen LogP contribution is -2.41. The zero-order chi connectivity index (χ0) is 69.0. The maximum Gasteiger partial charge on any atom is 0.164 e. The zero-order valence-corrected chi connectivity index (χ0v) is 66.2. The molecule has 2 saturated carbocycles. The zero-order valence-electron chi connectivity index (χ0n) is 66.2. The van der Waals surface area contributed by atoms with Crippen molar-refractivity contribution in [1.29, 1.82) is 0 Å². The first-order chi connectivity index (χ1) is 42.2. The van der Waals surface area contributed by atoms with Crippen molar-refractivity contribution >= 4 is 11.6 Å². The number of hydrogen-bond acceptors (Lipinski definition) is 12. The molecule has 12 nitrogen and oxygen atoms in total. The van der Waals surface area contributed by atoms with E-state index in [2.05, 4.69) is 251 Å². The van der Waals surface area contributed by atoms with Crippen LogP contribution in [-0.2, 0) is 9.59 Å². The second-order valence-electron chi connectivity index (χ2n) is 36.1. The van der Waals surface area contributed by atoms with Crippen LogP contribution in [0.15, 0.2) is 0 Å². The van der Waals surface area contributed by atoms with E-state index in [1.54, 1.807) is 0 Å². The molecule has 9 aliphatic rings. The lowest BCUT2D eigenvalue weighted by molar-refractivity contribution is -0.120. The van der Waals surface area contributed by atoms with Crippen molar-refractivity contribution in [2.45, 2.75) is 395 Å². The van der Waals surface area contributed by atoms with Crippen LogP contribution in [0, 0.1) is 57.7 Å². The summed E-state index contributed by atoms with van der Waals surface area (Å²) in [6.45, 7) is 81.9. The second kappa shape index (κ2) is 48.1. The van der Waals surface area contributed by atoms with Crippen molar-refractivity contribution in [3.05, 3.63) is 0 Å². The summed E-state index contributed by atoms with van der Waals surface area (Å²) in [6.07, 6.45) is 15.4. The highest BCUT2D eigenvalue weighted by molar-refractivity contribution is 5.88. The Hall–Kier alpha value is -1.06. The Labute approximate surface area is 612 Å². The van der Waals surface area contributed by atoms with Crippen LogP contribution >= 0.6 is 0 Å². The molecule has 2 aliphatic carbocycles. The van der Waals surface area contributed by atoms with Crippen LogP contribution in [0.5, 0.6) is 0 Å². The highest BCUT2D eigenvalue weighted by Gasteiger charge is 2.56. The number of Topliss-reactive ketones (excluding diaryl/α,β-unsaturated/α-hetero) is 2. The summed E-state index contributed by atoms with van der Waals surface area (Å²) in [5, 5.41) is 10.6. The molecule has 0 aromatic rings. The van der Waals surface area contributed by atoms with Crippen molar-refractivity contribution in [2.24, 2.45) is 57.7 Å². The van der Waals surface area contributed by atoms with Gasteiger partial charge in [-0.2, -0.15) is 0 Å². The molecule has 2 spiro atoms. The van der Waals surface area contributed by atoms with Crippen LogP contribution in [0.2, 0.25) is 0 Å². The highest BCUT2D eigenvalue weighted by atomic mass is 16.1. The van der Waals surface area contributed by atoms with Crippen molar-refractivity contribution < 1.29 is 9.59 Å². The SMILES string of the molecule is C.C.C.C.C.C.CC(C)C[C@@H]1CCN(C(C)C)C1.CC(C)C[C@H]1CN(C(C)C)CC12CC2.CC(C)C[C@H]1CN(C(C)C)CC1=O.CC(C)C[C@]1(C)CCN(C(C)C)C1.CC(C)N[C@@H]1CCN(C(C)C)C1.CC(C)N[C@H]1CN(C(C)C)CC12CC2.CC(C)N[C@H]1CN(C(C)C)CC1=O. The minimum atomic E-state index is 0. The van der Waals surface area contributed by atoms with Crippen LogP contribution in [0.1, 0.15) is 316 Å². The quantitative estimate of drug-likeness (QED) is 0.102. The van der Waals surface area contributed by atoms with Gasteiger partial charge in [-0.1, -0.05) is 148 Å². The van der Waals surface area contributed by atoms with E-state index in [0.29, 0.717) is 89.6 Å². The summed E-state index contributed by atoms with van der Waals surface area (Å²) in [4.78, 5) is 40.7. The normalized spacial score (nSPS) is 26.2. The first-order valence-corrected chi connectivity index (χ1v) is 38.7. The van der Waals surface area contributed by atoms with Crippen molar-refractivity contribution in [2.75, 3.05) is 91.6 Å². The lowest BCUT2D eigenvalue weighted by atomic mass is 9.81. The number of ketones is 2. The summed E-state index contributed by atoms with van der Waals surface area (Å²) in [6, 6.07) is 7.84. The Morgan fingerprint density at radius 3 is 1.18 bits per heavy atom. The molecule has 0 aromatic carbocycles. The predicted molar refractivity (Wildman–Crippen MR) is 437 cm³/mol. The molecule has 7 atom stereocenters. The van der Waals surface area contributed by atoms with E-state index in [-0.39, 0.29) is 50.6 Å². The highest BCUT2D eigenvalue weighted by Crippen LogP contribution is 2.58. The number of carbonyl (C=O) groups excluding carboxylic acids is 2. The smallest absolute Gasteiger partial charge is 0.164 e. The van der Waals surface area contributed by atoms with Crippen LogP contribution in [0.25, 0.3) is 0 Å². The minimum absolute atomic E-state index is 0. The Morgan fingerprint density at radius 2 is 0.794 bits per heavy atom. The lowest BCUT2D eigenvalue weighted by Gasteiger charge is -2.28. The summed E-state index contributed by atoms with van der Waals surface area (Å²) < 4.78 is 0. The third-order valence-electron chi connectivity index (χ3n) is 21.8. The predicted octanol–water partition coefficient (Wildman–Crippen LogP) is 18.8. The van der Waals surface area contributed by atoms with Gasteiger partial charge in [-0.25, -0.2) is 0 Å². The van der Waals surface area contributed by atoms with Gasteiger partial charge in [0.25, 0.3) is 0 Å². The first kappa shape index (κ1) is 102. The number of carbonyl (C=O) groups is 2. The average molecular weight is 1380 g/mol. The van der Waals surface area contributed by atoms with E-state index in [0.717, 1.165) is 84.7 Å². The van der Waals surface area contributed by atoms with Crippen LogP contribution in [-0.4, -0.2) is 216 Å². The topological polar surface area (TPSA) is 92.9 Å². The fraction of sp³-hybridized carbons (Fsp3) is 0.976. The Bertz CT molecular complexity index is 1870. The van der Waals surface area contributed by atoms with Crippen LogP contribution in [0.3, 0.4) is 0 Å². The Morgan fingerprint density at radius 1 is 0.371 bits per heavy atom. The van der Waals surface area contributed by atoms with Crippen molar-refractivity contribution in [3.8, 4) is 0 Å². The molecule has 9 fully saturated rings. The van der Waals surface area contributed by atoms with Gasteiger partial charge in [0.1, 0.15) is 0 Å². The van der Waals surface area contributed by atoms with Gasteiger partial charge < -0.3 is 30.7 Å². The third-order valence-corrected chi connectivity index (χ3v) is 21.8. The molecular weight excluding hydrogens is 1190 g/mol. The van der Waals surface area contributed by atoms with E-state index < -0.39 is 0 Å². The summed E-state index contributed by atoms with van der Waals surface area (Å²) in [5.74, 6) is 6.31.